The minimum atomic E-state index is 0.0925. The van der Waals surface area contributed by atoms with E-state index in [-0.39, 0.29) is 23.9 Å². The number of hydrogen-bond donors (Lipinski definition) is 2. The van der Waals surface area contributed by atoms with Gasteiger partial charge in [-0.05, 0) is 55.7 Å². The number of carbonyl (C=O) groups excluding carboxylic acids is 1. The first-order valence-electron chi connectivity index (χ1n) is 7.95. The molecule has 0 aliphatic heterocycles. The van der Waals surface area contributed by atoms with Crippen LogP contribution < -0.4 is 11.1 Å². The lowest BCUT2D eigenvalue weighted by atomic mass is 9.77. The van der Waals surface area contributed by atoms with E-state index < -0.39 is 0 Å². The fourth-order valence-electron chi connectivity index (χ4n) is 3.44. The smallest absolute Gasteiger partial charge is 0.223 e. The molecule has 3 unspecified atom stereocenters. The van der Waals surface area contributed by atoms with Gasteiger partial charge in [0.05, 0.1) is 6.04 Å². The number of hydrogen-bond acceptors (Lipinski definition) is 2. The molecule has 2 saturated carbocycles. The Balaban J connectivity index is 1.70. The average molecular weight is 307 g/mol. The van der Waals surface area contributed by atoms with Crippen molar-refractivity contribution in [2.45, 2.75) is 50.6 Å². The van der Waals surface area contributed by atoms with Crippen LogP contribution in [-0.2, 0) is 4.79 Å². The molecule has 1 amide bonds. The zero-order valence-electron chi connectivity index (χ0n) is 12.2. The first kappa shape index (κ1) is 14.9. The summed E-state index contributed by atoms with van der Waals surface area (Å²) in [7, 11) is 0. The van der Waals surface area contributed by atoms with Crippen molar-refractivity contribution in [2.75, 3.05) is 0 Å². The highest BCUT2D eigenvalue weighted by atomic mass is 35.5. The molecule has 2 fully saturated rings. The molecule has 21 heavy (non-hydrogen) atoms. The zero-order valence-corrected chi connectivity index (χ0v) is 13.0. The Bertz CT molecular complexity index is 498. The van der Waals surface area contributed by atoms with Gasteiger partial charge < -0.3 is 11.1 Å². The molecule has 2 aliphatic rings. The molecule has 0 radical (unpaired) electrons. The predicted molar refractivity (Wildman–Crippen MR) is 85.0 cm³/mol. The second-order valence-electron chi connectivity index (χ2n) is 6.50. The Morgan fingerprint density at radius 1 is 1.19 bits per heavy atom. The molecule has 3 nitrogen and oxygen atoms in total. The summed E-state index contributed by atoms with van der Waals surface area (Å²) in [5.41, 5.74) is 7.09. The van der Waals surface area contributed by atoms with Crippen LogP contribution in [0.5, 0.6) is 0 Å². The lowest BCUT2D eigenvalue weighted by Crippen LogP contribution is -2.39. The zero-order chi connectivity index (χ0) is 14.8. The number of amides is 1. The van der Waals surface area contributed by atoms with E-state index in [9.17, 15) is 4.79 Å². The molecule has 2 aliphatic carbocycles. The van der Waals surface area contributed by atoms with Crippen LogP contribution >= 0.6 is 11.6 Å². The SMILES string of the molecule is NC1CCC(C(=O)NC(c2ccc(Cl)cc2)C2CCC2)C1. The summed E-state index contributed by atoms with van der Waals surface area (Å²) in [5, 5.41) is 4.01. The Morgan fingerprint density at radius 3 is 2.43 bits per heavy atom. The van der Waals surface area contributed by atoms with E-state index in [1.165, 1.54) is 24.8 Å². The van der Waals surface area contributed by atoms with Gasteiger partial charge in [0.1, 0.15) is 0 Å². The van der Waals surface area contributed by atoms with Gasteiger partial charge in [-0.25, -0.2) is 0 Å². The highest BCUT2D eigenvalue weighted by molar-refractivity contribution is 6.30. The topological polar surface area (TPSA) is 55.1 Å². The quantitative estimate of drug-likeness (QED) is 0.895. The van der Waals surface area contributed by atoms with E-state index in [1.54, 1.807) is 0 Å². The highest BCUT2D eigenvalue weighted by Gasteiger charge is 2.33. The summed E-state index contributed by atoms with van der Waals surface area (Å²) in [6.45, 7) is 0. The van der Waals surface area contributed by atoms with Gasteiger partial charge >= 0.3 is 0 Å². The molecule has 0 saturated heterocycles. The van der Waals surface area contributed by atoms with Gasteiger partial charge in [-0.3, -0.25) is 4.79 Å². The van der Waals surface area contributed by atoms with Crippen LogP contribution in [0, 0.1) is 11.8 Å². The Hall–Kier alpha value is -1.06. The molecule has 0 bridgehead atoms. The van der Waals surface area contributed by atoms with Crippen molar-refractivity contribution in [2.24, 2.45) is 17.6 Å². The van der Waals surface area contributed by atoms with Gasteiger partial charge in [-0.15, -0.1) is 0 Å². The van der Waals surface area contributed by atoms with Gasteiger partial charge in [0.25, 0.3) is 0 Å². The van der Waals surface area contributed by atoms with Gasteiger partial charge in [0.15, 0.2) is 0 Å². The Kier molecular flexibility index (Phi) is 4.51. The molecule has 3 atom stereocenters. The van der Waals surface area contributed by atoms with Crippen molar-refractivity contribution < 1.29 is 4.79 Å². The monoisotopic (exact) mass is 306 g/mol. The molecule has 4 heteroatoms. The molecule has 1 aromatic carbocycles. The van der Waals surface area contributed by atoms with Crippen LogP contribution in [-0.4, -0.2) is 11.9 Å². The maximum absolute atomic E-state index is 12.5. The Labute approximate surface area is 131 Å². The van der Waals surface area contributed by atoms with Crippen LogP contribution in [0.4, 0.5) is 0 Å². The van der Waals surface area contributed by atoms with Crippen molar-refractivity contribution in [1.82, 2.24) is 5.32 Å². The van der Waals surface area contributed by atoms with E-state index in [1.807, 2.05) is 24.3 Å². The number of nitrogens with one attached hydrogen (secondary N) is 1. The maximum Gasteiger partial charge on any atom is 0.223 e. The van der Waals surface area contributed by atoms with Crippen LogP contribution in [0.1, 0.15) is 50.1 Å². The first-order valence-corrected chi connectivity index (χ1v) is 8.32. The summed E-state index contributed by atoms with van der Waals surface area (Å²) in [6, 6.07) is 8.19. The van der Waals surface area contributed by atoms with Gasteiger partial charge in [-0.2, -0.15) is 0 Å². The maximum atomic E-state index is 12.5. The fraction of sp³-hybridized carbons (Fsp3) is 0.588. The first-order chi connectivity index (χ1) is 10.1. The van der Waals surface area contributed by atoms with E-state index in [4.69, 9.17) is 17.3 Å². The lowest BCUT2D eigenvalue weighted by Gasteiger charge is -2.35. The Morgan fingerprint density at radius 2 is 1.90 bits per heavy atom. The van der Waals surface area contributed by atoms with Crippen molar-refractivity contribution in [3.8, 4) is 0 Å². The van der Waals surface area contributed by atoms with Gasteiger partial charge in [0.2, 0.25) is 5.91 Å². The van der Waals surface area contributed by atoms with E-state index in [2.05, 4.69) is 5.32 Å². The molecule has 0 heterocycles. The number of halogens is 1. The summed E-state index contributed by atoms with van der Waals surface area (Å²) in [5.74, 6) is 0.829. The normalized spacial score (nSPS) is 27.1. The molecule has 3 N–H and O–H groups in total. The highest BCUT2D eigenvalue weighted by Crippen LogP contribution is 2.38. The van der Waals surface area contributed by atoms with E-state index in [0.717, 1.165) is 24.3 Å². The minimum absolute atomic E-state index is 0.0925. The minimum Gasteiger partial charge on any atom is -0.349 e. The van der Waals surface area contributed by atoms with Crippen LogP contribution in [0.25, 0.3) is 0 Å². The van der Waals surface area contributed by atoms with Crippen LogP contribution in [0.2, 0.25) is 5.02 Å². The second kappa shape index (κ2) is 6.37. The molecule has 0 aromatic heterocycles. The third-order valence-corrected chi connectivity index (χ3v) is 5.24. The summed E-state index contributed by atoms with van der Waals surface area (Å²) < 4.78 is 0. The van der Waals surface area contributed by atoms with E-state index in [0.29, 0.717) is 5.92 Å². The molecular formula is C17H23ClN2O. The lowest BCUT2D eigenvalue weighted by molar-refractivity contribution is -0.126. The summed E-state index contributed by atoms with van der Waals surface area (Å²) >= 11 is 5.97. The van der Waals surface area contributed by atoms with Crippen molar-refractivity contribution in [1.29, 1.82) is 0 Å². The summed E-state index contributed by atoms with van der Waals surface area (Å²) in [6.07, 6.45) is 6.36. The largest absolute Gasteiger partial charge is 0.349 e. The van der Waals surface area contributed by atoms with Crippen LogP contribution in [0.15, 0.2) is 24.3 Å². The molecule has 1 aromatic rings. The second-order valence-corrected chi connectivity index (χ2v) is 6.94. The van der Waals surface area contributed by atoms with E-state index >= 15 is 0 Å². The fourth-order valence-corrected chi connectivity index (χ4v) is 3.57. The third kappa shape index (κ3) is 3.41. The van der Waals surface area contributed by atoms with Crippen LogP contribution in [0.3, 0.4) is 0 Å². The average Bonchev–Trinajstić information content (AvgIpc) is 2.83. The standard InChI is InChI=1S/C17H23ClN2O/c18-14-7-4-12(5-8-14)16(11-2-1-3-11)20-17(21)13-6-9-15(19)10-13/h4-5,7-8,11,13,15-16H,1-3,6,9-10,19H2,(H,20,21). The van der Waals surface area contributed by atoms with Crippen molar-refractivity contribution in [3.63, 3.8) is 0 Å². The molecule has 3 rings (SSSR count). The van der Waals surface area contributed by atoms with Crippen molar-refractivity contribution >= 4 is 17.5 Å². The molecular weight excluding hydrogens is 284 g/mol. The summed E-state index contributed by atoms with van der Waals surface area (Å²) in [4.78, 5) is 12.5. The predicted octanol–water partition coefficient (Wildman–Crippen LogP) is 3.42. The number of carbonyl (C=O) groups is 1. The number of benzene rings is 1. The third-order valence-electron chi connectivity index (χ3n) is 4.99. The number of nitrogens with two attached hydrogens (primary N) is 1. The van der Waals surface area contributed by atoms with Gasteiger partial charge in [-0.1, -0.05) is 30.2 Å². The number of rotatable bonds is 4. The molecule has 0 spiro atoms. The van der Waals surface area contributed by atoms with Gasteiger partial charge in [0, 0.05) is 17.0 Å². The van der Waals surface area contributed by atoms with Crippen molar-refractivity contribution in [3.05, 3.63) is 34.9 Å². The molecule has 114 valence electrons.